The molecule has 7 heavy (non-hydrogen) atoms. The maximum Gasteiger partial charge on any atom is 1.00 e. The molecule has 7 heteroatoms. The molecule has 0 nitrogen and oxygen atoms in total. The zero-order valence-electron chi connectivity index (χ0n) is 12.4. The Bertz CT molecular complexity index is 17.1. The van der Waals surface area contributed by atoms with Crippen LogP contribution in [0.2, 0.25) is 0 Å². The molecule has 0 rings (SSSR count). The fourth-order valence-corrected chi connectivity index (χ4v) is 0. The molecule has 0 N–H and O–H groups in total. The molecule has 0 aromatic heterocycles. The van der Waals surface area contributed by atoms with Crippen molar-refractivity contribution in [3.05, 3.63) is 0 Å². The Morgan fingerprint density at radius 2 is 0.429 bits per heavy atom. The summed E-state index contributed by atoms with van der Waals surface area (Å²) >= 11 is 0. The summed E-state index contributed by atoms with van der Waals surface area (Å²) in [5.74, 6) is 0. The van der Waals surface area contributed by atoms with Gasteiger partial charge in [-0.2, -0.15) is 0 Å². The summed E-state index contributed by atoms with van der Waals surface area (Å²) in [6.07, 6.45) is 0. The van der Waals surface area contributed by atoms with Crippen molar-refractivity contribution in [3.63, 3.8) is 0 Å². The summed E-state index contributed by atoms with van der Waals surface area (Å²) < 4.78 is 0. The summed E-state index contributed by atoms with van der Waals surface area (Å²) in [5, 5.41) is 0. The van der Waals surface area contributed by atoms with Crippen LogP contribution in [0.3, 0.4) is 0 Å². The Labute approximate surface area is 316 Å². The van der Waals surface area contributed by atoms with E-state index in [1.54, 1.807) is 0 Å². The maximum atomic E-state index is 0. The van der Waals surface area contributed by atoms with Crippen LogP contribution in [0.15, 0.2) is 0 Å². The third-order valence-corrected chi connectivity index (χ3v) is 0. The van der Waals surface area contributed by atoms with Gasteiger partial charge in [-0.1, -0.05) is 0 Å². The van der Waals surface area contributed by atoms with Crippen LogP contribution in [-0.2, 0) is 0 Å². The van der Waals surface area contributed by atoms with Crippen molar-refractivity contribution in [1.29, 1.82) is 0 Å². The third-order valence-electron chi connectivity index (χ3n) is 0. The van der Waals surface area contributed by atoms with Crippen molar-refractivity contribution in [1.82, 2.24) is 0 Å². The minimum Gasteiger partial charge on any atom is -1.00 e. The molecule has 0 spiro atoms. The summed E-state index contributed by atoms with van der Waals surface area (Å²) in [6, 6.07) is 0. The smallest absolute Gasteiger partial charge is 1.00 e. The number of hydrogen-bond acceptors (Lipinski definition) is 0. The molecule has 0 amide bonds. The second kappa shape index (κ2) is 36.0. The molecule has 0 bridgehead atoms. The van der Waals surface area contributed by atoms with Crippen molar-refractivity contribution in [2.24, 2.45) is 0 Å². The molecule has 0 aliphatic carbocycles. The van der Waals surface area contributed by atoms with Gasteiger partial charge in [-0.25, -0.2) is 0 Å². The Hall–Kier alpha value is 10.1. The van der Waals surface area contributed by atoms with Gasteiger partial charge in [-0.3, -0.25) is 0 Å². The molecule has 0 heterocycles. The van der Waals surface area contributed by atoms with Gasteiger partial charge in [0.25, 0.3) is 0 Å². The van der Waals surface area contributed by atoms with Crippen LogP contribution in [0, 0.1) is 0 Å². The van der Waals surface area contributed by atoms with Gasteiger partial charge in [0.05, 0.1) is 0 Å². The van der Waals surface area contributed by atoms with Gasteiger partial charge in [-0.05, 0) is 0 Å². The van der Waals surface area contributed by atoms with E-state index in [0.717, 1.165) is 0 Å². The van der Waals surface area contributed by atoms with Crippen LogP contribution >= 0.6 is 12.4 Å². The quantitative estimate of drug-likeness (QED) is 0.386. The first-order valence-corrected chi connectivity index (χ1v) is 0. The predicted molar refractivity (Wildman–Crippen MR) is 13.9 cm³/mol. The van der Waals surface area contributed by atoms with Gasteiger partial charge in [0.1, 0.15) is 0 Å². The first-order valence-electron chi connectivity index (χ1n) is 0. The van der Waals surface area contributed by atoms with Gasteiger partial charge >= 0.3 is 308 Å². The Kier molecular flexibility index (Phi) is 223. The normalized spacial score (nSPS) is 0. The Morgan fingerprint density at radius 1 is 0.429 bits per heavy atom. The first kappa shape index (κ1) is 43.4. The third kappa shape index (κ3) is 31.4. The molecule has 0 saturated carbocycles. The maximum absolute atomic E-state index is 0. The molecule has 0 aliphatic heterocycles. The molecule has 0 saturated heterocycles. The van der Waals surface area contributed by atoms with Crippen LogP contribution in [0.5, 0.6) is 0 Å². The van der Waals surface area contributed by atoms with Crippen LogP contribution in [-0.4, -0.2) is 0 Å². The minimum atomic E-state index is 0. The van der Waals surface area contributed by atoms with Crippen molar-refractivity contribution < 1.29 is 317 Å². The van der Waals surface area contributed by atoms with E-state index in [2.05, 4.69) is 0 Å². The van der Waals surface area contributed by atoms with E-state index in [1.807, 2.05) is 0 Å². The van der Waals surface area contributed by atoms with Crippen molar-refractivity contribution >= 4 is 12.4 Å². The second-order valence-corrected chi connectivity index (χ2v) is 0. The van der Waals surface area contributed by atoms with Crippen LogP contribution in [0.1, 0.15) is 8.56 Å². The topological polar surface area (TPSA) is 0 Å². The van der Waals surface area contributed by atoms with E-state index in [9.17, 15) is 0 Å². The van der Waals surface area contributed by atoms with Crippen LogP contribution in [0.4, 0.5) is 0 Å². The van der Waals surface area contributed by atoms with Crippen LogP contribution in [0.25, 0.3) is 0 Å². The van der Waals surface area contributed by atoms with Crippen molar-refractivity contribution in [3.8, 4) is 0 Å². The van der Waals surface area contributed by atoms with E-state index in [1.165, 1.54) is 0 Å². The molecule has 0 aliphatic rings. The van der Waals surface area contributed by atoms with Gasteiger partial charge in [0.2, 0.25) is 0 Å². The molecular weight excluding hydrogens is 270 g/mol. The summed E-state index contributed by atoms with van der Waals surface area (Å²) in [5.41, 5.74) is 0. The van der Waals surface area contributed by atoms with Crippen molar-refractivity contribution in [2.45, 2.75) is 0 Å². The molecule has 0 fully saturated rings. The zero-order valence-corrected chi connectivity index (χ0v) is 26.0. The molecule has 0 unspecified atom stereocenters. The summed E-state index contributed by atoms with van der Waals surface area (Å²) in [6.45, 7) is 0. The van der Waals surface area contributed by atoms with E-state index >= 15 is 0 Å². The first-order chi connectivity index (χ1) is 0. The molecule has 0 atom stereocenters. The molecule has 0 aromatic rings. The standard InChI is InChI=1S/ClH.6K.6H/h1H;;;;;;;;;;;;/q;6*+1;6*-1. The van der Waals surface area contributed by atoms with E-state index < -0.39 is 0 Å². The average molecular weight is 277 g/mol. The van der Waals surface area contributed by atoms with Gasteiger partial charge < -0.3 is 8.56 Å². The number of halogens is 1. The second-order valence-electron chi connectivity index (χ2n) is 0. The molecule has 20 valence electrons. The SMILES string of the molecule is Cl.[H-].[H-].[H-].[H-].[H-].[H-].[K+].[K+].[K+].[K+].[K+].[K+]. The number of hydrogen-bond donors (Lipinski definition) is 0. The predicted octanol–water partition coefficient (Wildman–Crippen LogP) is -16.9. The van der Waals surface area contributed by atoms with Gasteiger partial charge in [-0.15, -0.1) is 12.4 Å². The summed E-state index contributed by atoms with van der Waals surface area (Å²) in [4.78, 5) is 0. The van der Waals surface area contributed by atoms with E-state index in [0.29, 0.717) is 0 Å². The average Bonchev–Trinajstić information content (AvgIpc) is 0. The monoisotopic (exact) mass is 276 g/mol. The molecular formula is H7ClK6. The number of rotatable bonds is 0. The Morgan fingerprint density at radius 3 is 0.429 bits per heavy atom. The van der Waals surface area contributed by atoms with E-state index in [-0.39, 0.29) is 329 Å². The fourth-order valence-electron chi connectivity index (χ4n) is 0. The van der Waals surface area contributed by atoms with Gasteiger partial charge in [0, 0.05) is 0 Å². The van der Waals surface area contributed by atoms with Crippen molar-refractivity contribution in [2.75, 3.05) is 0 Å². The Balaban J connectivity index is 0. The van der Waals surface area contributed by atoms with Crippen LogP contribution < -0.4 is 308 Å². The minimum absolute atomic E-state index is 0. The summed E-state index contributed by atoms with van der Waals surface area (Å²) in [7, 11) is 0. The fraction of sp³-hybridized carbons (Fsp3) is 0. The van der Waals surface area contributed by atoms with E-state index in [4.69, 9.17) is 0 Å². The largest absolute Gasteiger partial charge is 1.00 e. The zero-order chi connectivity index (χ0) is 0. The molecule has 0 radical (unpaired) electrons. The molecule has 0 aromatic carbocycles. The van der Waals surface area contributed by atoms with Gasteiger partial charge in [0.15, 0.2) is 0 Å².